The van der Waals surface area contributed by atoms with Crippen LogP contribution in [0.5, 0.6) is 0 Å². The normalized spacial score (nSPS) is 16.0. The second kappa shape index (κ2) is 7.37. The van der Waals surface area contributed by atoms with Gasteiger partial charge in [-0.05, 0) is 12.1 Å². The molecule has 1 aliphatic rings. The van der Waals surface area contributed by atoms with Gasteiger partial charge < -0.3 is 15.4 Å². The van der Waals surface area contributed by atoms with Crippen molar-refractivity contribution in [3.63, 3.8) is 0 Å². The number of anilines is 1. The Morgan fingerprint density at radius 2 is 1.88 bits per heavy atom. The number of nitrogens with two attached hydrogens (primary N) is 1. The first-order chi connectivity index (χ1) is 11.2. The predicted molar refractivity (Wildman–Crippen MR) is 89.1 cm³/mol. The summed E-state index contributed by atoms with van der Waals surface area (Å²) in [6, 6.07) is 4.56. The highest BCUT2D eigenvalue weighted by molar-refractivity contribution is 7.88. The topological polar surface area (TPSA) is 110 Å². The van der Waals surface area contributed by atoms with E-state index < -0.39 is 28.5 Å². The maximum absolute atomic E-state index is 12.1. The number of amides is 1. The lowest BCUT2D eigenvalue weighted by atomic mass is 10.2. The lowest BCUT2D eigenvalue weighted by molar-refractivity contribution is -0.135. The Morgan fingerprint density at radius 1 is 1.25 bits per heavy atom. The molecule has 1 fully saturated rings. The molecule has 0 spiro atoms. The molecule has 2 N–H and O–H groups in total. The van der Waals surface area contributed by atoms with Crippen molar-refractivity contribution in [1.82, 2.24) is 9.21 Å². The Labute approximate surface area is 145 Å². The molecule has 1 aromatic rings. The van der Waals surface area contributed by atoms with E-state index >= 15 is 0 Å². The molecule has 1 aliphatic heterocycles. The Hall–Kier alpha value is -1.84. The summed E-state index contributed by atoms with van der Waals surface area (Å²) >= 11 is 5.83. The van der Waals surface area contributed by atoms with E-state index in [0.29, 0.717) is 0 Å². The first-order valence-corrected chi connectivity index (χ1v) is 9.37. The van der Waals surface area contributed by atoms with E-state index in [9.17, 15) is 18.0 Å². The summed E-state index contributed by atoms with van der Waals surface area (Å²) in [5, 5.41) is 0.229. The van der Waals surface area contributed by atoms with Gasteiger partial charge in [0.2, 0.25) is 10.0 Å². The van der Waals surface area contributed by atoms with Crippen LogP contribution in [0.25, 0.3) is 0 Å². The first-order valence-electron chi connectivity index (χ1n) is 7.14. The van der Waals surface area contributed by atoms with Gasteiger partial charge in [-0.3, -0.25) is 4.79 Å². The van der Waals surface area contributed by atoms with Gasteiger partial charge in [-0.1, -0.05) is 17.7 Å². The summed E-state index contributed by atoms with van der Waals surface area (Å²) in [6.45, 7) is 0.509. The number of nitrogen functional groups attached to an aromatic ring is 1. The van der Waals surface area contributed by atoms with E-state index in [0.717, 1.165) is 6.26 Å². The third-order valence-electron chi connectivity index (χ3n) is 3.66. The summed E-state index contributed by atoms with van der Waals surface area (Å²) in [4.78, 5) is 25.5. The number of para-hydroxylation sites is 1. The van der Waals surface area contributed by atoms with Crippen molar-refractivity contribution in [3.05, 3.63) is 28.8 Å². The monoisotopic (exact) mass is 375 g/mol. The Balaban J connectivity index is 1.88. The lowest BCUT2D eigenvalue weighted by Crippen LogP contribution is -2.51. The zero-order valence-corrected chi connectivity index (χ0v) is 14.6. The van der Waals surface area contributed by atoms with Crippen LogP contribution in [-0.4, -0.2) is 68.5 Å². The summed E-state index contributed by atoms with van der Waals surface area (Å²) in [7, 11) is -3.26. The number of esters is 1. The van der Waals surface area contributed by atoms with Gasteiger partial charge in [0.25, 0.3) is 5.91 Å². The number of halogens is 1. The number of benzene rings is 1. The van der Waals surface area contributed by atoms with Crippen LogP contribution in [0, 0.1) is 0 Å². The van der Waals surface area contributed by atoms with Crippen molar-refractivity contribution in [2.75, 3.05) is 44.8 Å². The van der Waals surface area contributed by atoms with Crippen LogP contribution in [0.15, 0.2) is 18.2 Å². The highest BCUT2D eigenvalue weighted by Crippen LogP contribution is 2.22. The van der Waals surface area contributed by atoms with E-state index in [1.165, 1.54) is 15.3 Å². The maximum Gasteiger partial charge on any atom is 0.340 e. The quantitative estimate of drug-likeness (QED) is 0.594. The molecule has 8 nitrogen and oxygen atoms in total. The van der Waals surface area contributed by atoms with E-state index in [1.54, 1.807) is 12.1 Å². The Kier molecular flexibility index (Phi) is 5.68. The number of nitrogens with zero attached hydrogens (tertiary/aromatic N) is 2. The maximum atomic E-state index is 12.1. The number of hydrogen-bond donors (Lipinski definition) is 1. The molecule has 1 saturated heterocycles. The Morgan fingerprint density at radius 3 is 2.46 bits per heavy atom. The molecule has 10 heteroatoms. The summed E-state index contributed by atoms with van der Waals surface area (Å²) in [5.74, 6) is -1.13. The van der Waals surface area contributed by atoms with Gasteiger partial charge in [-0.15, -0.1) is 0 Å². The Bertz CT molecular complexity index is 745. The predicted octanol–water partition coefficient (Wildman–Crippen LogP) is 0.183. The summed E-state index contributed by atoms with van der Waals surface area (Å²) in [5.41, 5.74) is 5.89. The van der Waals surface area contributed by atoms with Crippen molar-refractivity contribution < 1.29 is 22.7 Å². The fourth-order valence-corrected chi connectivity index (χ4v) is 3.28. The van der Waals surface area contributed by atoms with Gasteiger partial charge >= 0.3 is 5.97 Å². The first kappa shape index (κ1) is 18.5. The van der Waals surface area contributed by atoms with Gasteiger partial charge in [-0.25, -0.2) is 13.2 Å². The number of carbonyl (C=O) groups is 2. The second-order valence-corrected chi connectivity index (χ2v) is 7.71. The molecule has 1 heterocycles. The third kappa shape index (κ3) is 4.37. The summed E-state index contributed by atoms with van der Waals surface area (Å²) < 4.78 is 29.1. The molecule has 1 amide bonds. The van der Waals surface area contributed by atoms with E-state index in [2.05, 4.69) is 0 Å². The number of rotatable bonds is 4. The van der Waals surface area contributed by atoms with Crippen molar-refractivity contribution >= 4 is 39.2 Å². The molecular formula is C14H18ClN3O5S. The molecule has 132 valence electrons. The standard InChI is InChI=1S/C14H18ClN3O5S/c1-24(21,22)18-7-5-17(6-8-18)12(19)9-23-14(20)10-3-2-4-11(15)13(10)16/h2-4H,5-9,16H2,1H3. The van der Waals surface area contributed by atoms with E-state index in [1.807, 2.05) is 0 Å². The van der Waals surface area contributed by atoms with Gasteiger partial charge in [0.05, 0.1) is 22.5 Å². The van der Waals surface area contributed by atoms with Crippen LogP contribution in [0.4, 0.5) is 5.69 Å². The number of sulfonamides is 1. The molecule has 0 aliphatic carbocycles. The third-order valence-corrected chi connectivity index (χ3v) is 5.29. The van der Waals surface area contributed by atoms with Crippen LogP contribution in [-0.2, 0) is 19.6 Å². The molecule has 24 heavy (non-hydrogen) atoms. The second-order valence-electron chi connectivity index (χ2n) is 5.32. The number of hydrogen-bond acceptors (Lipinski definition) is 6. The van der Waals surface area contributed by atoms with Crippen LogP contribution in [0.3, 0.4) is 0 Å². The van der Waals surface area contributed by atoms with Crippen LogP contribution in [0.2, 0.25) is 5.02 Å². The van der Waals surface area contributed by atoms with Crippen molar-refractivity contribution in [3.8, 4) is 0 Å². The van der Waals surface area contributed by atoms with Crippen LogP contribution < -0.4 is 5.73 Å². The van der Waals surface area contributed by atoms with Crippen molar-refractivity contribution in [1.29, 1.82) is 0 Å². The van der Waals surface area contributed by atoms with Gasteiger partial charge in [0, 0.05) is 26.2 Å². The minimum atomic E-state index is -3.26. The largest absolute Gasteiger partial charge is 0.452 e. The van der Waals surface area contributed by atoms with E-state index in [4.69, 9.17) is 22.1 Å². The molecule has 0 atom stereocenters. The molecular weight excluding hydrogens is 358 g/mol. The number of piperazine rings is 1. The SMILES string of the molecule is CS(=O)(=O)N1CCN(C(=O)COC(=O)c2cccc(Cl)c2N)CC1. The molecule has 2 rings (SSSR count). The van der Waals surface area contributed by atoms with Gasteiger partial charge in [-0.2, -0.15) is 4.31 Å². The average molecular weight is 376 g/mol. The molecule has 0 aromatic heterocycles. The van der Waals surface area contributed by atoms with Crippen molar-refractivity contribution in [2.45, 2.75) is 0 Å². The van der Waals surface area contributed by atoms with Gasteiger partial charge in [0.1, 0.15) is 0 Å². The minimum absolute atomic E-state index is 0.0946. The molecule has 0 unspecified atom stereocenters. The van der Waals surface area contributed by atoms with Crippen molar-refractivity contribution in [2.24, 2.45) is 0 Å². The summed E-state index contributed by atoms with van der Waals surface area (Å²) in [6.07, 6.45) is 1.13. The smallest absolute Gasteiger partial charge is 0.340 e. The van der Waals surface area contributed by atoms with E-state index in [-0.39, 0.29) is 42.5 Å². The zero-order valence-electron chi connectivity index (χ0n) is 13.1. The fraction of sp³-hybridized carbons (Fsp3) is 0.429. The highest BCUT2D eigenvalue weighted by Gasteiger charge is 2.26. The lowest BCUT2D eigenvalue weighted by Gasteiger charge is -2.33. The molecule has 0 radical (unpaired) electrons. The fourth-order valence-electron chi connectivity index (χ4n) is 2.28. The average Bonchev–Trinajstić information content (AvgIpc) is 2.54. The van der Waals surface area contributed by atoms with Crippen LogP contribution in [0.1, 0.15) is 10.4 Å². The minimum Gasteiger partial charge on any atom is -0.452 e. The molecule has 0 bridgehead atoms. The number of ether oxygens (including phenoxy) is 1. The highest BCUT2D eigenvalue weighted by atomic mass is 35.5. The molecule has 1 aromatic carbocycles. The zero-order chi connectivity index (χ0) is 17.9. The number of carbonyl (C=O) groups excluding carboxylic acids is 2. The molecule has 0 saturated carbocycles. The van der Waals surface area contributed by atoms with Gasteiger partial charge in [0.15, 0.2) is 6.61 Å². The van der Waals surface area contributed by atoms with Crippen LogP contribution >= 0.6 is 11.6 Å².